The molecule has 0 amide bonds. The third-order valence-corrected chi connectivity index (χ3v) is 3.03. The maximum atomic E-state index is 5.98. The third-order valence-electron chi connectivity index (χ3n) is 3.03. The van der Waals surface area contributed by atoms with Crippen LogP contribution in [0.25, 0.3) is 0 Å². The van der Waals surface area contributed by atoms with Crippen molar-refractivity contribution in [2.24, 2.45) is 5.92 Å². The molecule has 1 fully saturated rings. The lowest BCUT2D eigenvalue weighted by molar-refractivity contribution is 0.0464. The highest BCUT2D eigenvalue weighted by Crippen LogP contribution is 2.31. The lowest BCUT2D eigenvalue weighted by Crippen LogP contribution is -2.20. The third kappa shape index (κ3) is 3.32. The van der Waals surface area contributed by atoms with Gasteiger partial charge in [0.1, 0.15) is 0 Å². The van der Waals surface area contributed by atoms with Crippen LogP contribution >= 0.6 is 0 Å². The smallest absolute Gasteiger partial charge is 0.0949 e. The highest BCUT2D eigenvalue weighted by Gasteiger charge is 2.23. The summed E-state index contributed by atoms with van der Waals surface area (Å²) in [6.45, 7) is 3.93. The first-order chi connectivity index (χ1) is 7.79. The van der Waals surface area contributed by atoms with E-state index in [0.29, 0.717) is 0 Å². The summed E-state index contributed by atoms with van der Waals surface area (Å²) >= 11 is 0. The van der Waals surface area contributed by atoms with Crippen molar-refractivity contribution in [3.05, 3.63) is 35.4 Å². The molecule has 1 aromatic rings. The molecule has 2 heteroatoms. The van der Waals surface area contributed by atoms with Gasteiger partial charge in [-0.05, 0) is 38.3 Å². The molecule has 1 aromatic carbocycles. The molecule has 0 radical (unpaired) electrons. The zero-order valence-electron chi connectivity index (χ0n) is 10.2. The molecule has 0 aliphatic heterocycles. The summed E-state index contributed by atoms with van der Waals surface area (Å²) in [6, 6.07) is 8.60. The van der Waals surface area contributed by atoms with Crippen LogP contribution in [0.1, 0.15) is 30.1 Å². The van der Waals surface area contributed by atoms with Gasteiger partial charge in [0.05, 0.1) is 12.7 Å². The number of hydrogen-bond donors (Lipinski definition) is 1. The average molecular weight is 219 g/mol. The zero-order chi connectivity index (χ0) is 11.4. The zero-order valence-corrected chi connectivity index (χ0v) is 10.2. The molecular formula is C14H21NO. The molecule has 0 bridgehead atoms. The molecule has 2 rings (SSSR count). The van der Waals surface area contributed by atoms with Crippen molar-refractivity contribution in [1.82, 2.24) is 5.32 Å². The first-order valence-electron chi connectivity index (χ1n) is 6.12. The largest absolute Gasteiger partial charge is 0.372 e. The van der Waals surface area contributed by atoms with Crippen LogP contribution in [0.3, 0.4) is 0 Å². The Morgan fingerprint density at radius 1 is 1.44 bits per heavy atom. The van der Waals surface area contributed by atoms with Gasteiger partial charge in [-0.3, -0.25) is 0 Å². The molecule has 1 saturated carbocycles. The van der Waals surface area contributed by atoms with E-state index in [4.69, 9.17) is 4.74 Å². The Balaban J connectivity index is 1.98. The molecule has 1 aliphatic carbocycles. The minimum atomic E-state index is 0.200. The summed E-state index contributed by atoms with van der Waals surface area (Å²) in [4.78, 5) is 0. The summed E-state index contributed by atoms with van der Waals surface area (Å²) in [5.41, 5.74) is 2.59. The summed E-state index contributed by atoms with van der Waals surface area (Å²) in [5.74, 6) is 0.823. The normalized spacial score (nSPS) is 17.4. The Labute approximate surface area is 98.0 Å². The van der Waals surface area contributed by atoms with E-state index in [9.17, 15) is 0 Å². The van der Waals surface area contributed by atoms with E-state index in [0.717, 1.165) is 19.1 Å². The Morgan fingerprint density at radius 2 is 2.25 bits per heavy atom. The predicted molar refractivity (Wildman–Crippen MR) is 66.5 cm³/mol. The topological polar surface area (TPSA) is 21.3 Å². The minimum Gasteiger partial charge on any atom is -0.372 e. The van der Waals surface area contributed by atoms with E-state index in [-0.39, 0.29) is 6.10 Å². The summed E-state index contributed by atoms with van der Waals surface area (Å²) < 4.78 is 5.98. The molecule has 88 valence electrons. The minimum absolute atomic E-state index is 0.200. The van der Waals surface area contributed by atoms with Gasteiger partial charge in [-0.1, -0.05) is 29.8 Å². The van der Waals surface area contributed by atoms with Crippen molar-refractivity contribution >= 4 is 0 Å². The molecular weight excluding hydrogens is 198 g/mol. The molecule has 0 aromatic heterocycles. The van der Waals surface area contributed by atoms with Gasteiger partial charge in [-0.2, -0.15) is 0 Å². The second-order valence-electron chi connectivity index (χ2n) is 4.74. The van der Waals surface area contributed by atoms with Gasteiger partial charge in [0.25, 0.3) is 0 Å². The quantitative estimate of drug-likeness (QED) is 0.794. The number of hydrogen-bond acceptors (Lipinski definition) is 2. The van der Waals surface area contributed by atoms with Gasteiger partial charge in [0, 0.05) is 6.54 Å². The highest BCUT2D eigenvalue weighted by atomic mass is 16.5. The number of likely N-dealkylation sites (N-methyl/N-ethyl adjacent to an activating group) is 1. The molecule has 0 saturated heterocycles. The van der Waals surface area contributed by atoms with Gasteiger partial charge < -0.3 is 10.1 Å². The van der Waals surface area contributed by atoms with Crippen molar-refractivity contribution in [3.63, 3.8) is 0 Å². The fourth-order valence-corrected chi connectivity index (χ4v) is 1.87. The van der Waals surface area contributed by atoms with E-state index in [1.807, 2.05) is 7.05 Å². The van der Waals surface area contributed by atoms with Crippen molar-refractivity contribution in [3.8, 4) is 0 Å². The van der Waals surface area contributed by atoms with Crippen molar-refractivity contribution < 1.29 is 4.74 Å². The maximum Gasteiger partial charge on any atom is 0.0949 e. The number of rotatable bonds is 6. The van der Waals surface area contributed by atoms with Crippen LogP contribution in [-0.2, 0) is 4.74 Å². The van der Waals surface area contributed by atoms with Crippen molar-refractivity contribution in [2.75, 3.05) is 20.2 Å². The van der Waals surface area contributed by atoms with Crippen molar-refractivity contribution in [1.29, 1.82) is 0 Å². The van der Waals surface area contributed by atoms with Gasteiger partial charge in [-0.25, -0.2) is 0 Å². The summed E-state index contributed by atoms with van der Waals surface area (Å²) in [5, 5.41) is 3.20. The van der Waals surface area contributed by atoms with E-state index >= 15 is 0 Å². The SMILES string of the molecule is CNCC(OCC1CC1)c1cccc(C)c1. The van der Waals surface area contributed by atoms with Crippen LogP contribution < -0.4 is 5.32 Å². The maximum absolute atomic E-state index is 5.98. The first-order valence-corrected chi connectivity index (χ1v) is 6.12. The molecule has 1 atom stereocenters. The van der Waals surface area contributed by atoms with Gasteiger partial charge in [-0.15, -0.1) is 0 Å². The standard InChI is InChI=1S/C14H21NO/c1-11-4-3-5-13(8-11)14(9-15-2)16-10-12-6-7-12/h3-5,8,12,14-15H,6-7,9-10H2,1-2H3. The van der Waals surface area contributed by atoms with Crippen LogP contribution in [0, 0.1) is 12.8 Å². The van der Waals surface area contributed by atoms with E-state index in [2.05, 4.69) is 36.5 Å². The Bertz CT molecular complexity index is 333. The fourth-order valence-electron chi connectivity index (χ4n) is 1.87. The molecule has 0 spiro atoms. The van der Waals surface area contributed by atoms with Crippen LogP contribution in [0.15, 0.2) is 24.3 Å². The van der Waals surface area contributed by atoms with Gasteiger partial charge >= 0.3 is 0 Å². The van der Waals surface area contributed by atoms with Gasteiger partial charge in [0.2, 0.25) is 0 Å². The Hall–Kier alpha value is -0.860. The lowest BCUT2D eigenvalue weighted by Gasteiger charge is -2.18. The fraction of sp³-hybridized carbons (Fsp3) is 0.571. The summed E-state index contributed by atoms with van der Waals surface area (Å²) in [7, 11) is 1.98. The number of aryl methyl sites for hydroxylation is 1. The van der Waals surface area contributed by atoms with E-state index in [1.165, 1.54) is 24.0 Å². The molecule has 1 unspecified atom stereocenters. The van der Waals surface area contributed by atoms with Crippen LogP contribution in [0.5, 0.6) is 0 Å². The van der Waals surface area contributed by atoms with E-state index in [1.54, 1.807) is 0 Å². The molecule has 1 aliphatic rings. The average Bonchev–Trinajstić information content (AvgIpc) is 3.08. The number of ether oxygens (including phenoxy) is 1. The number of nitrogens with one attached hydrogen (secondary N) is 1. The molecule has 0 heterocycles. The Kier molecular flexibility index (Phi) is 3.97. The van der Waals surface area contributed by atoms with Crippen LogP contribution in [-0.4, -0.2) is 20.2 Å². The summed E-state index contributed by atoms with van der Waals surface area (Å²) in [6.07, 6.45) is 2.89. The monoisotopic (exact) mass is 219 g/mol. The van der Waals surface area contributed by atoms with Crippen LogP contribution in [0.4, 0.5) is 0 Å². The van der Waals surface area contributed by atoms with E-state index < -0.39 is 0 Å². The second-order valence-corrected chi connectivity index (χ2v) is 4.74. The highest BCUT2D eigenvalue weighted by molar-refractivity contribution is 5.24. The van der Waals surface area contributed by atoms with Gasteiger partial charge in [0.15, 0.2) is 0 Å². The lowest BCUT2D eigenvalue weighted by atomic mass is 10.1. The molecule has 2 nitrogen and oxygen atoms in total. The first kappa shape index (κ1) is 11.6. The van der Waals surface area contributed by atoms with Crippen LogP contribution in [0.2, 0.25) is 0 Å². The van der Waals surface area contributed by atoms with Crippen molar-refractivity contribution in [2.45, 2.75) is 25.9 Å². The second kappa shape index (κ2) is 5.46. The molecule has 16 heavy (non-hydrogen) atoms. The Morgan fingerprint density at radius 3 is 2.88 bits per heavy atom. The number of benzene rings is 1. The predicted octanol–water partition coefficient (Wildman–Crippen LogP) is 2.68. The molecule has 1 N–H and O–H groups in total.